The highest BCUT2D eigenvalue weighted by Crippen LogP contribution is 2.21. The van der Waals surface area contributed by atoms with E-state index in [1.54, 1.807) is 56.9 Å². The van der Waals surface area contributed by atoms with Gasteiger partial charge >= 0.3 is 0 Å². The maximum Gasteiger partial charge on any atom is 0.179 e. The van der Waals surface area contributed by atoms with Gasteiger partial charge < -0.3 is 37.9 Å². The zero-order valence-electron chi connectivity index (χ0n) is 30.4. The molecule has 0 saturated heterocycles. The average Bonchev–Trinajstić information content (AvgIpc) is 3.06. The Morgan fingerprint density at radius 3 is 0.531 bits per heavy atom. The summed E-state index contributed by atoms with van der Waals surface area (Å²) >= 11 is 0. The zero-order chi connectivity index (χ0) is 35.2. The first-order valence-corrected chi connectivity index (χ1v) is 18.3. The Morgan fingerprint density at radius 1 is 0.265 bits per heavy atom. The van der Waals surface area contributed by atoms with Crippen LogP contribution in [0.1, 0.15) is 44.5 Å². The fourth-order valence-electron chi connectivity index (χ4n) is 6.92. The van der Waals surface area contributed by atoms with E-state index in [0.29, 0.717) is 52.9 Å². The molecule has 0 aliphatic heterocycles. The van der Waals surface area contributed by atoms with Gasteiger partial charge in [0.2, 0.25) is 0 Å². The van der Waals surface area contributed by atoms with Gasteiger partial charge in [-0.05, 0) is 65.3 Å². The van der Waals surface area contributed by atoms with Gasteiger partial charge in [0.25, 0.3) is 0 Å². The van der Waals surface area contributed by atoms with Crippen molar-refractivity contribution in [1.82, 2.24) is 0 Å². The van der Waals surface area contributed by atoms with Crippen molar-refractivity contribution in [1.29, 1.82) is 0 Å². The Morgan fingerprint density at radius 2 is 0.408 bits per heavy atom. The van der Waals surface area contributed by atoms with Crippen molar-refractivity contribution in [3.8, 4) is 0 Å². The van der Waals surface area contributed by atoms with Gasteiger partial charge in [-0.1, -0.05) is 72.8 Å². The molecule has 9 heteroatoms. The molecule has 0 aliphatic carbocycles. The Kier molecular flexibility index (Phi) is 15.2. The van der Waals surface area contributed by atoms with E-state index >= 15 is 0 Å². The fraction of sp³-hybridized carbons (Fsp3) is 0.400. The molecule has 4 aromatic rings. The van der Waals surface area contributed by atoms with Gasteiger partial charge in [-0.15, -0.1) is 0 Å². The number of ether oxygens (including phenoxy) is 8. The summed E-state index contributed by atoms with van der Waals surface area (Å²) in [5, 5.41) is 4.79. The molecule has 0 atom stereocenters. The van der Waals surface area contributed by atoms with E-state index in [0.717, 1.165) is 44.5 Å². The molecule has 0 saturated carbocycles. The first-order valence-electron chi connectivity index (χ1n) is 16.3. The standard InChI is InChI=1S/C40H52O8Si/c1-41-21-29-9-30(22-42-2)14-37(13-29)49(38-15-31(23-43-3)10-32(16-38)24-44-4,39-17-33(25-45-5)11-34(18-39)26-46-6)40-19-35(27-47-7)12-36(20-40)28-48-8/h9-20H,21-28H2,1-8H3. The van der Waals surface area contributed by atoms with Crippen LogP contribution in [-0.4, -0.2) is 65.0 Å². The van der Waals surface area contributed by atoms with Gasteiger partial charge in [0.05, 0.1) is 52.9 Å². The second-order valence-electron chi connectivity index (χ2n) is 12.4. The molecule has 0 bridgehead atoms. The van der Waals surface area contributed by atoms with E-state index in [1.807, 2.05) is 0 Å². The molecule has 0 amide bonds. The minimum atomic E-state index is -3.23. The molecule has 4 aromatic carbocycles. The van der Waals surface area contributed by atoms with Crippen LogP contribution in [0.5, 0.6) is 0 Å². The Balaban J connectivity index is 2.32. The lowest BCUT2D eigenvalue weighted by Gasteiger charge is -2.37. The number of hydrogen-bond acceptors (Lipinski definition) is 8. The van der Waals surface area contributed by atoms with Crippen LogP contribution in [0.2, 0.25) is 0 Å². The van der Waals surface area contributed by atoms with Crippen LogP contribution in [0.3, 0.4) is 0 Å². The Bertz CT molecular complexity index is 1300. The molecule has 8 nitrogen and oxygen atoms in total. The largest absolute Gasteiger partial charge is 0.380 e. The first-order chi connectivity index (χ1) is 23.9. The first kappa shape index (κ1) is 38.6. The molecule has 0 N–H and O–H groups in total. The zero-order valence-corrected chi connectivity index (χ0v) is 31.4. The van der Waals surface area contributed by atoms with Crippen LogP contribution in [0.15, 0.2) is 72.8 Å². The number of hydrogen-bond donors (Lipinski definition) is 0. The van der Waals surface area contributed by atoms with Crippen molar-refractivity contribution >= 4 is 28.8 Å². The predicted molar refractivity (Wildman–Crippen MR) is 196 cm³/mol. The third-order valence-corrected chi connectivity index (χ3v) is 13.0. The highest BCUT2D eigenvalue weighted by atomic mass is 28.3. The van der Waals surface area contributed by atoms with Crippen LogP contribution in [0.25, 0.3) is 0 Å². The normalized spacial score (nSPS) is 11.8. The van der Waals surface area contributed by atoms with Gasteiger partial charge in [-0.25, -0.2) is 0 Å². The van der Waals surface area contributed by atoms with Crippen molar-refractivity contribution in [2.75, 3.05) is 56.9 Å². The Hall–Kier alpha value is -3.22. The Labute approximate surface area is 293 Å². The minimum Gasteiger partial charge on any atom is -0.380 e. The lowest BCUT2D eigenvalue weighted by Crippen LogP contribution is -2.75. The van der Waals surface area contributed by atoms with Crippen LogP contribution in [0, 0.1) is 0 Å². The molecule has 0 fully saturated rings. The van der Waals surface area contributed by atoms with Gasteiger partial charge in [0, 0.05) is 56.9 Å². The monoisotopic (exact) mass is 688 g/mol. The highest BCUT2D eigenvalue weighted by molar-refractivity contribution is 7.20. The SMILES string of the molecule is COCc1cc(COC)cc([Si](c2cc(COC)cc(COC)c2)(c2cc(COC)cc(COC)c2)c2cc(COC)cc(COC)c2)c1. The van der Waals surface area contributed by atoms with Crippen molar-refractivity contribution in [2.24, 2.45) is 0 Å². The summed E-state index contributed by atoms with van der Waals surface area (Å²) in [7, 11) is 10.6. The molecular formula is C40H52O8Si. The maximum absolute atomic E-state index is 5.73. The van der Waals surface area contributed by atoms with Crippen molar-refractivity contribution in [2.45, 2.75) is 52.9 Å². The van der Waals surface area contributed by atoms with Crippen molar-refractivity contribution < 1.29 is 37.9 Å². The van der Waals surface area contributed by atoms with Crippen molar-refractivity contribution in [3.63, 3.8) is 0 Å². The number of rotatable bonds is 20. The van der Waals surface area contributed by atoms with Crippen LogP contribution < -0.4 is 20.7 Å². The summed E-state index contributed by atoms with van der Waals surface area (Å²) in [6, 6.07) is 27.2. The maximum atomic E-state index is 5.73. The molecule has 4 rings (SSSR count). The van der Waals surface area contributed by atoms with Gasteiger partial charge in [-0.2, -0.15) is 0 Å². The highest BCUT2D eigenvalue weighted by Gasteiger charge is 2.43. The molecule has 0 unspecified atom stereocenters. The van der Waals surface area contributed by atoms with E-state index in [2.05, 4.69) is 72.8 Å². The summed E-state index contributed by atoms with van der Waals surface area (Å²) in [5.41, 5.74) is 8.59. The lowest BCUT2D eigenvalue weighted by molar-refractivity contribution is 0.180. The van der Waals surface area contributed by atoms with Gasteiger partial charge in [0.15, 0.2) is 8.07 Å². The second kappa shape index (κ2) is 19.2. The summed E-state index contributed by atoms with van der Waals surface area (Å²) in [5.74, 6) is 0. The van der Waals surface area contributed by atoms with E-state index in [9.17, 15) is 0 Å². The van der Waals surface area contributed by atoms with Crippen LogP contribution in [-0.2, 0) is 90.7 Å². The lowest BCUT2D eigenvalue weighted by atomic mass is 10.1. The summed E-state index contributed by atoms with van der Waals surface area (Å²) in [6.07, 6.45) is 0. The molecular weight excluding hydrogens is 637 g/mol. The molecule has 0 heterocycles. The van der Waals surface area contributed by atoms with E-state index < -0.39 is 8.07 Å². The fourth-order valence-corrected chi connectivity index (χ4v) is 12.1. The minimum absolute atomic E-state index is 0.463. The number of methoxy groups -OCH3 is 8. The molecule has 0 spiro atoms. The smallest absolute Gasteiger partial charge is 0.179 e. The molecule has 264 valence electrons. The number of benzene rings is 4. The topological polar surface area (TPSA) is 73.8 Å². The quantitative estimate of drug-likeness (QED) is 0.101. The average molecular weight is 689 g/mol. The van der Waals surface area contributed by atoms with Crippen LogP contribution in [0.4, 0.5) is 0 Å². The molecule has 49 heavy (non-hydrogen) atoms. The second-order valence-corrected chi connectivity index (χ2v) is 16.2. The molecule has 0 radical (unpaired) electrons. The summed E-state index contributed by atoms with van der Waals surface area (Å²) in [6.45, 7) is 3.71. The van der Waals surface area contributed by atoms with E-state index in [4.69, 9.17) is 37.9 Å². The summed E-state index contributed by atoms with van der Waals surface area (Å²) < 4.78 is 45.8. The van der Waals surface area contributed by atoms with Crippen molar-refractivity contribution in [3.05, 3.63) is 117 Å². The van der Waals surface area contributed by atoms with Crippen LogP contribution >= 0.6 is 0 Å². The van der Waals surface area contributed by atoms with E-state index in [1.165, 1.54) is 20.7 Å². The third kappa shape index (κ3) is 9.52. The molecule has 0 aromatic heterocycles. The summed E-state index contributed by atoms with van der Waals surface area (Å²) in [4.78, 5) is 0. The molecule has 0 aliphatic rings. The van der Waals surface area contributed by atoms with Gasteiger partial charge in [0.1, 0.15) is 0 Å². The van der Waals surface area contributed by atoms with E-state index in [-0.39, 0.29) is 0 Å². The predicted octanol–water partition coefficient (Wildman–Crippen LogP) is 4.24. The third-order valence-electron chi connectivity index (χ3n) is 8.43. The van der Waals surface area contributed by atoms with Gasteiger partial charge in [-0.3, -0.25) is 0 Å².